The number of para-hydroxylation sites is 1. The highest BCUT2D eigenvalue weighted by atomic mass is 16.5. The van der Waals surface area contributed by atoms with Crippen LogP contribution in [0, 0.1) is 0 Å². The molecule has 0 aliphatic carbocycles. The van der Waals surface area contributed by atoms with E-state index in [-0.39, 0.29) is 18.4 Å². The van der Waals surface area contributed by atoms with E-state index in [4.69, 9.17) is 4.74 Å². The molecule has 0 radical (unpaired) electrons. The van der Waals surface area contributed by atoms with Gasteiger partial charge >= 0.3 is 0 Å². The number of pyridine rings is 1. The molecule has 6 rings (SSSR count). The maximum atomic E-state index is 13.8. The molecular weight excluding hydrogens is 444 g/mol. The third-order valence-electron chi connectivity index (χ3n) is 7.55. The number of β-amino-alcohol motifs (C(OH)–C–C–N with tert-alkyl or cyclic N) is 1. The largest absolute Gasteiger partial charge is 0.497 e. The molecule has 2 unspecified atom stereocenters. The molecule has 1 spiro atoms. The van der Waals surface area contributed by atoms with Crippen molar-refractivity contribution in [2.24, 2.45) is 0 Å². The number of nitrogens with zero attached hydrogens (tertiary/aromatic N) is 4. The maximum Gasteiger partial charge on any atom is 0.252 e. The van der Waals surface area contributed by atoms with Crippen LogP contribution in [0.1, 0.15) is 17.5 Å². The molecule has 3 aliphatic heterocycles. The van der Waals surface area contributed by atoms with Crippen molar-refractivity contribution in [3.05, 3.63) is 71.9 Å². The molecule has 3 fully saturated rings. The molecule has 2 atom stereocenters. The zero-order chi connectivity index (χ0) is 24.2. The lowest BCUT2D eigenvalue weighted by Gasteiger charge is -2.58. The SMILES string of the molecule is COc1ccc(CN2C(=O)C3CC(O)CN3C3(CN(Cc4cnc5ccccc5c4)C3)C2=O)cc1. The Morgan fingerprint density at radius 3 is 2.60 bits per heavy atom. The highest BCUT2D eigenvalue weighted by Gasteiger charge is 2.64. The number of aliphatic hydroxyl groups is 1. The molecule has 3 aliphatic rings. The fourth-order valence-electron chi connectivity index (χ4n) is 5.82. The second-order valence-electron chi connectivity index (χ2n) is 9.85. The molecule has 1 N–H and O–H groups in total. The van der Waals surface area contributed by atoms with E-state index in [0.29, 0.717) is 32.6 Å². The number of piperazine rings is 1. The fourth-order valence-corrected chi connectivity index (χ4v) is 5.82. The minimum Gasteiger partial charge on any atom is -0.497 e. The summed E-state index contributed by atoms with van der Waals surface area (Å²) in [6.45, 7) is 2.30. The van der Waals surface area contributed by atoms with E-state index in [1.807, 2.05) is 59.6 Å². The van der Waals surface area contributed by atoms with E-state index in [1.165, 1.54) is 4.90 Å². The van der Waals surface area contributed by atoms with Gasteiger partial charge in [-0.15, -0.1) is 0 Å². The zero-order valence-electron chi connectivity index (χ0n) is 19.6. The molecule has 0 bridgehead atoms. The van der Waals surface area contributed by atoms with E-state index in [2.05, 4.69) is 16.0 Å². The Hall–Kier alpha value is -3.33. The van der Waals surface area contributed by atoms with Crippen molar-refractivity contribution in [1.82, 2.24) is 19.7 Å². The normalized spacial score (nSPS) is 24.1. The first-order chi connectivity index (χ1) is 17.0. The van der Waals surface area contributed by atoms with Crippen molar-refractivity contribution in [3.63, 3.8) is 0 Å². The molecule has 180 valence electrons. The van der Waals surface area contributed by atoms with Crippen LogP contribution in [-0.2, 0) is 22.7 Å². The fraction of sp³-hybridized carbons (Fsp3) is 0.370. The summed E-state index contributed by atoms with van der Waals surface area (Å²) in [6, 6.07) is 17.1. The molecule has 35 heavy (non-hydrogen) atoms. The Balaban J connectivity index is 1.23. The number of rotatable bonds is 5. The predicted octanol–water partition coefficient (Wildman–Crippen LogP) is 1.80. The van der Waals surface area contributed by atoms with Gasteiger partial charge in [0.25, 0.3) is 5.91 Å². The number of hydrogen-bond acceptors (Lipinski definition) is 7. The number of benzene rings is 2. The predicted molar refractivity (Wildman–Crippen MR) is 129 cm³/mol. The molecule has 3 saturated heterocycles. The van der Waals surface area contributed by atoms with Gasteiger partial charge in [-0.05, 0) is 41.8 Å². The van der Waals surface area contributed by atoms with Crippen LogP contribution in [0.3, 0.4) is 0 Å². The molecule has 8 heteroatoms. The Labute approximate surface area is 203 Å². The average Bonchev–Trinajstić information content (AvgIpc) is 3.25. The number of fused-ring (bicyclic) bond motifs is 3. The van der Waals surface area contributed by atoms with Gasteiger partial charge in [-0.25, -0.2) is 0 Å². The van der Waals surface area contributed by atoms with Crippen molar-refractivity contribution in [1.29, 1.82) is 0 Å². The van der Waals surface area contributed by atoms with Gasteiger partial charge in [-0.3, -0.25) is 29.3 Å². The van der Waals surface area contributed by atoms with Crippen LogP contribution in [0.15, 0.2) is 60.8 Å². The van der Waals surface area contributed by atoms with E-state index < -0.39 is 17.7 Å². The van der Waals surface area contributed by atoms with Gasteiger partial charge in [0, 0.05) is 37.8 Å². The number of carbonyl (C=O) groups is 2. The Morgan fingerprint density at radius 1 is 1.06 bits per heavy atom. The van der Waals surface area contributed by atoms with Crippen LogP contribution in [0.4, 0.5) is 0 Å². The lowest BCUT2D eigenvalue weighted by Crippen LogP contribution is -2.81. The van der Waals surface area contributed by atoms with E-state index in [1.54, 1.807) is 7.11 Å². The average molecular weight is 473 g/mol. The third-order valence-corrected chi connectivity index (χ3v) is 7.55. The smallest absolute Gasteiger partial charge is 0.252 e. The Kier molecular flexibility index (Phi) is 5.32. The van der Waals surface area contributed by atoms with Gasteiger partial charge in [0.15, 0.2) is 0 Å². The van der Waals surface area contributed by atoms with Crippen LogP contribution in [-0.4, -0.2) is 81.0 Å². The number of amides is 2. The van der Waals surface area contributed by atoms with Crippen LogP contribution >= 0.6 is 0 Å². The summed E-state index contributed by atoms with van der Waals surface area (Å²) in [5.41, 5.74) is 2.13. The van der Waals surface area contributed by atoms with Crippen LogP contribution in [0.5, 0.6) is 5.75 Å². The number of methoxy groups -OCH3 is 1. The summed E-state index contributed by atoms with van der Waals surface area (Å²) in [7, 11) is 1.60. The monoisotopic (exact) mass is 472 g/mol. The van der Waals surface area contributed by atoms with Crippen LogP contribution in [0.25, 0.3) is 10.9 Å². The van der Waals surface area contributed by atoms with Crippen LogP contribution in [0.2, 0.25) is 0 Å². The van der Waals surface area contributed by atoms with Crippen LogP contribution < -0.4 is 4.74 Å². The van der Waals surface area contributed by atoms with Crippen molar-refractivity contribution >= 4 is 22.7 Å². The number of aromatic nitrogens is 1. The first-order valence-electron chi connectivity index (χ1n) is 12.0. The molecule has 2 aromatic carbocycles. The second-order valence-corrected chi connectivity index (χ2v) is 9.85. The van der Waals surface area contributed by atoms with Gasteiger partial charge < -0.3 is 9.84 Å². The molecule has 1 aromatic heterocycles. The molecule has 0 saturated carbocycles. The standard InChI is InChI=1S/C27H28N4O4/c1-35-22-8-6-18(7-9-22)14-30-25(33)24-11-21(32)15-31(24)27(26(30)34)16-29(17-27)13-19-10-20-4-2-3-5-23(20)28-12-19/h2-10,12,21,24,32H,11,13-17H2,1H3. The number of hydrogen-bond donors (Lipinski definition) is 1. The first kappa shape index (κ1) is 22.2. The van der Waals surface area contributed by atoms with Crippen molar-refractivity contribution in [2.45, 2.75) is 37.2 Å². The van der Waals surface area contributed by atoms with Gasteiger partial charge in [-0.1, -0.05) is 30.3 Å². The summed E-state index contributed by atoms with van der Waals surface area (Å²) in [5, 5.41) is 11.5. The van der Waals surface area contributed by atoms with Gasteiger partial charge in [0.1, 0.15) is 11.3 Å². The van der Waals surface area contributed by atoms with E-state index >= 15 is 0 Å². The minimum absolute atomic E-state index is 0.170. The Morgan fingerprint density at radius 2 is 1.83 bits per heavy atom. The van der Waals surface area contributed by atoms with Gasteiger partial charge in [-0.2, -0.15) is 0 Å². The van der Waals surface area contributed by atoms with E-state index in [0.717, 1.165) is 27.8 Å². The van der Waals surface area contributed by atoms with Gasteiger partial charge in [0.05, 0.1) is 31.3 Å². The second kappa shape index (κ2) is 8.41. The molecule has 8 nitrogen and oxygen atoms in total. The first-order valence-corrected chi connectivity index (χ1v) is 12.0. The summed E-state index contributed by atoms with van der Waals surface area (Å²) in [5.74, 6) is 0.339. The molecule has 4 heterocycles. The number of carbonyl (C=O) groups excluding carboxylic acids is 2. The quantitative estimate of drug-likeness (QED) is 0.567. The lowest BCUT2D eigenvalue weighted by atomic mass is 9.82. The number of ether oxygens (including phenoxy) is 1. The van der Waals surface area contributed by atoms with Crippen molar-refractivity contribution in [2.75, 3.05) is 26.7 Å². The third kappa shape index (κ3) is 3.69. The minimum atomic E-state index is -0.785. The number of imide groups is 1. The lowest BCUT2D eigenvalue weighted by molar-refractivity contribution is -0.181. The highest BCUT2D eigenvalue weighted by molar-refractivity contribution is 6.06. The van der Waals surface area contributed by atoms with Crippen molar-refractivity contribution in [3.8, 4) is 5.75 Å². The number of likely N-dealkylation sites (tertiary alicyclic amines) is 1. The zero-order valence-corrected chi connectivity index (χ0v) is 19.6. The van der Waals surface area contributed by atoms with E-state index in [9.17, 15) is 14.7 Å². The topological polar surface area (TPSA) is 86.2 Å². The Bertz CT molecular complexity index is 1290. The molecule has 2 amide bonds. The summed E-state index contributed by atoms with van der Waals surface area (Å²) in [4.78, 5) is 37.3. The molecular formula is C27H28N4O4. The highest BCUT2D eigenvalue weighted by Crippen LogP contribution is 2.41. The summed E-state index contributed by atoms with van der Waals surface area (Å²) < 4.78 is 5.22. The maximum absolute atomic E-state index is 13.8. The summed E-state index contributed by atoms with van der Waals surface area (Å²) in [6.07, 6.45) is 1.65. The number of aliphatic hydroxyl groups excluding tert-OH is 1. The molecule has 3 aromatic rings. The van der Waals surface area contributed by atoms with Crippen molar-refractivity contribution < 1.29 is 19.4 Å². The van der Waals surface area contributed by atoms with Gasteiger partial charge in [0.2, 0.25) is 5.91 Å². The summed E-state index contributed by atoms with van der Waals surface area (Å²) >= 11 is 0.